The monoisotopic (exact) mass is 180 g/mol. The Morgan fingerprint density at radius 3 is 2.77 bits per heavy atom. The number of hydrogen-bond acceptors (Lipinski definition) is 1. The molecule has 2 nitrogen and oxygen atoms in total. The predicted molar refractivity (Wildman–Crippen MR) is 55.7 cm³/mol. The van der Waals surface area contributed by atoms with Gasteiger partial charge in [-0.05, 0) is 13.3 Å². The van der Waals surface area contributed by atoms with Gasteiger partial charge in [-0.1, -0.05) is 26.2 Å². The Balaban J connectivity index is 2.27. The van der Waals surface area contributed by atoms with Crippen molar-refractivity contribution in [1.29, 1.82) is 0 Å². The highest BCUT2D eigenvalue weighted by Crippen LogP contribution is 2.06. The Morgan fingerprint density at radius 1 is 1.23 bits per heavy atom. The van der Waals surface area contributed by atoms with Crippen molar-refractivity contribution in [3.8, 4) is 0 Å². The van der Waals surface area contributed by atoms with E-state index < -0.39 is 0 Å². The van der Waals surface area contributed by atoms with Gasteiger partial charge in [0.25, 0.3) is 0 Å². The van der Waals surface area contributed by atoms with E-state index in [0.29, 0.717) is 0 Å². The van der Waals surface area contributed by atoms with Crippen LogP contribution in [-0.2, 0) is 13.0 Å². The second kappa shape index (κ2) is 5.79. The minimum Gasteiger partial charge on any atom is -0.335 e. The summed E-state index contributed by atoms with van der Waals surface area (Å²) in [4.78, 5) is 4.35. The maximum absolute atomic E-state index is 4.35. The second-order valence-electron chi connectivity index (χ2n) is 3.44. The molecule has 0 radical (unpaired) electrons. The highest BCUT2D eigenvalue weighted by Gasteiger charge is 1.99. The molecule has 0 aromatic carbocycles. The SMILES string of the molecule is CCCCCCc1nccn1CC. The van der Waals surface area contributed by atoms with E-state index in [1.54, 1.807) is 0 Å². The Labute approximate surface area is 81.0 Å². The molecule has 0 spiro atoms. The molecule has 0 aliphatic carbocycles. The zero-order valence-corrected chi connectivity index (χ0v) is 8.79. The first-order valence-corrected chi connectivity index (χ1v) is 5.38. The lowest BCUT2D eigenvalue weighted by Crippen LogP contribution is -2.00. The van der Waals surface area contributed by atoms with Crippen LogP contribution in [-0.4, -0.2) is 9.55 Å². The number of rotatable bonds is 6. The minimum absolute atomic E-state index is 1.04. The van der Waals surface area contributed by atoms with Gasteiger partial charge in [0.05, 0.1) is 0 Å². The van der Waals surface area contributed by atoms with E-state index >= 15 is 0 Å². The van der Waals surface area contributed by atoms with Gasteiger partial charge in [0.2, 0.25) is 0 Å². The summed E-state index contributed by atoms with van der Waals surface area (Å²) < 4.78 is 2.23. The molecule has 0 amide bonds. The fraction of sp³-hybridized carbons (Fsp3) is 0.727. The Hall–Kier alpha value is -0.790. The summed E-state index contributed by atoms with van der Waals surface area (Å²) >= 11 is 0. The number of nitrogens with zero attached hydrogens (tertiary/aromatic N) is 2. The molecule has 0 atom stereocenters. The van der Waals surface area contributed by atoms with Crippen molar-refractivity contribution >= 4 is 0 Å². The number of aryl methyl sites for hydroxylation is 2. The molecular formula is C11H20N2. The summed E-state index contributed by atoms with van der Waals surface area (Å²) in [5.74, 6) is 1.25. The van der Waals surface area contributed by atoms with Crippen LogP contribution in [0.1, 0.15) is 45.4 Å². The molecule has 0 fully saturated rings. The van der Waals surface area contributed by atoms with E-state index in [1.165, 1.54) is 31.5 Å². The standard InChI is InChI=1S/C11H20N2/c1-3-5-6-7-8-11-12-9-10-13(11)4-2/h9-10H,3-8H2,1-2H3. The summed E-state index contributed by atoms with van der Waals surface area (Å²) in [6.07, 6.45) is 10.4. The molecule has 0 aliphatic rings. The van der Waals surface area contributed by atoms with E-state index in [2.05, 4.69) is 29.6 Å². The quantitative estimate of drug-likeness (QED) is 0.615. The first-order valence-electron chi connectivity index (χ1n) is 5.38. The average Bonchev–Trinajstić information content (AvgIpc) is 2.60. The third kappa shape index (κ3) is 3.21. The van der Waals surface area contributed by atoms with Crippen molar-refractivity contribution in [3.05, 3.63) is 18.2 Å². The second-order valence-corrected chi connectivity index (χ2v) is 3.44. The highest BCUT2D eigenvalue weighted by atomic mass is 15.0. The minimum atomic E-state index is 1.04. The Morgan fingerprint density at radius 2 is 2.08 bits per heavy atom. The Bertz CT molecular complexity index is 228. The lowest BCUT2D eigenvalue weighted by molar-refractivity contribution is 0.621. The van der Waals surface area contributed by atoms with Gasteiger partial charge in [0, 0.05) is 25.4 Å². The molecule has 1 heterocycles. The van der Waals surface area contributed by atoms with E-state index in [0.717, 1.165) is 13.0 Å². The molecule has 0 aliphatic heterocycles. The predicted octanol–water partition coefficient (Wildman–Crippen LogP) is 3.03. The van der Waals surface area contributed by atoms with Crippen LogP contribution in [0.15, 0.2) is 12.4 Å². The van der Waals surface area contributed by atoms with Gasteiger partial charge >= 0.3 is 0 Å². The molecule has 13 heavy (non-hydrogen) atoms. The van der Waals surface area contributed by atoms with Crippen molar-refractivity contribution in [2.24, 2.45) is 0 Å². The fourth-order valence-electron chi connectivity index (χ4n) is 1.57. The number of imidazole rings is 1. The van der Waals surface area contributed by atoms with Gasteiger partial charge in [-0.2, -0.15) is 0 Å². The molecule has 1 aromatic heterocycles. The maximum Gasteiger partial charge on any atom is 0.108 e. The third-order valence-corrected chi connectivity index (χ3v) is 2.40. The summed E-state index contributed by atoms with van der Waals surface area (Å²) in [7, 11) is 0. The summed E-state index contributed by atoms with van der Waals surface area (Å²) in [5, 5.41) is 0. The molecule has 0 bridgehead atoms. The smallest absolute Gasteiger partial charge is 0.108 e. The van der Waals surface area contributed by atoms with Crippen molar-refractivity contribution in [3.63, 3.8) is 0 Å². The highest BCUT2D eigenvalue weighted by molar-refractivity contribution is 4.91. The van der Waals surface area contributed by atoms with Crippen LogP contribution in [0.3, 0.4) is 0 Å². The molecule has 0 N–H and O–H groups in total. The molecule has 0 saturated heterocycles. The van der Waals surface area contributed by atoms with Crippen LogP contribution in [0.2, 0.25) is 0 Å². The molecule has 2 heteroatoms. The van der Waals surface area contributed by atoms with Crippen LogP contribution >= 0.6 is 0 Å². The van der Waals surface area contributed by atoms with Crippen molar-refractivity contribution < 1.29 is 0 Å². The zero-order chi connectivity index (χ0) is 9.52. The fourth-order valence-corrected chi connectivity index (χ4v) is 1.57. The van der Waals surface area contributed by atoms with Crippen LogP contribution in [0.5, 0.6) is 0 Å². The van der Waals surface area contributed by atoms with Crippen LogP contribution in [0.25, 0.3) is 0 Å². The average molecular weight is 180 g/mol. The Kier molecular flexibility index (Phi) is 4.58. The van der Waals surface area contributed by atoms with Gasteiger partial charge in [0.15, 0.2) is 0 Å². The van der Waals surface area contributed by atoms with Crippen molar-refractivity contribution in [2.75, 3.05) is 0 Å². The van der Waals surface area contributed by atoms with Crippen LogP contribution in [0, 0.1) is 0 Å². The lowest BCUT2D eigenvalue weighted by Gasteiger charge is -2.03. The normalized spacial score (nSPS) is 10.6. The first kappa shape index (κ1) is 10.3. The van der Waals surface area contributed by atoms with Crippen LogP contribution < -0.4 is 0 Å². The summed E-state index contributed by atoms with van der Waals surface area (Å²) in [5.41, 5.74) is 0. The molecule has 74 valence electrons. The molecule has 0 saturated carbocycles. The topological polar surface area (TPSA) is 17.8 Å². The van der Waals surface area contributed by atoms with E-state index in [9.17, 15) is 0 Å². The first-order chi connectivity index (χ1) is 6.38. The molecular weight excluding hydrogens is 160 g/mol. The van der Waals surface area contributed by atoms with Gasteiger partial charge in [-0.3, -0.25) is 0 Å². The number of hydrogen-bond donors (Lipinski definition) is 0. The molecule has 1 aromatic rings. The van der Waals surface area contributed by atoms with Gasteiger partial charge in [-0.25, -0.2) is 4.98 Å². The van der Waals surface area contributed by atoms with Crippen molar-refractivity contribution in [1.82, 2.24) is 9.55 Å². The lowest BCUT2D eigenvalue weighted by atomic mass is 10.1. The number of unbranched alkanes of at least 4 members (excludes halogenated alkanes) is 3. The molecule has 1 rings (SSSR count). The van der Waals surface area contributed by atoms with Gasteiger partial charge < -0.3 is 4.57 Å². The third-order valence-electron chi connectivity index (χ3n) is 2.40. The number of aromatic nitrogens is 2. The van der Waals surface area contributed by atoms with Gasteiger partial charge in [0.1, 0.15) is 5.82 Å². The summed E-state index contributed by atoms with van der Waals surface area (Å²) in [6.45, 7) is 5.45. The van der Waals surface area contributed by atoms with Crippen molar-refractivity contribution in [2.45, 2.75) is 52.5 Å². The van der Waals surface area contributed by atoms with Gasteiger partial charge in [-0.15, -0.1) is 0 Å². The van der Waals surface area contributed by atoms with E-state index in [-0.39, 0.29) is 0 Å². The summed E-state index contributed by atoms with van der Waals surface area (Å²) in [6, 6.07) is 0. The molecule has 0 unspecified atom stereocenters. The van der Waals surface area contributed by atoms with E-state index in [1.807, 2.05) is 6.20 Å². The maximum atomic E-state index is 4.35. The van der Waals surface area contributed by atoms with Crippen LogP contribution in [0.4, 0.5) is 0 Å². The van der Waals surface area contributed by atoms with E-state index in [4.69, 9.17) is 0 Å². The largest absolute Gasteiger partial charge is 0.335 e. The zero-order valence-electron chi connectivity index (χ0n) is 8.79.